The summed E-state index contributed by atoms with van der Waals surface area (Å²) in [7, 11) is 0. The largest absolute Gasteiger partial charge is 0.351 e. The van der Waals surface area contributed by atoms with Gasteiger partial charge < -0.3 is 10.2 Å². The first-order valence-electron chi connectivity index (χ1n) is 6.54. The first-order chi connectivity index (χ1) is 9.08. The number of carbonyl (C=O) groups is 1. The Morgan fingerprint density at radius 3 is 2.68 bits per heavy atom. The monoisotopic (exact) mass is 330 g/mol. The minimum atomic E-state index is -0.507. The Balaban J connectivity index is 2.47. The second-order valence-electron chi connectivity index (χ2n) is 4.31. The summed E-state index contributed by atoms with van der Waals surface area (Å²) in [5.74, 6) is -0.870. The van der Waals surface area contributed by atoms with E-state index in [1.807, 2.05) is 0 Å². The van der Waals surface area contributed by atoms with E-state index in [4.69, 9.17) is 0 Å². The summed E-state index contributed by atoms with van der Waals surface area (Å²) in [4.78, 5) is 14.1. The zero-order valence-corrected chi connectivity index (χ0v) is 13.0. The van der Waals surface area contributed by atoms with Crippen LogP contribution in [0.15, 0.2) is 22.7 Å². The van der Waals surface area contributed by atoms with Crippen LogP contribution in [0.25, 0.3) is 0 Å². The number of likely N-dealkylation sites (N-methyl/N-ethyl adjacent to an activating group) is 1. The molecule has 19 heavy (non-hydrogen) atoms. The summed E-state index contributed by atoms with van der Waals surface area (Å²) in [5, 5.41) is 2.75. The van der Waals surface area contributed by atoms with E-state index in [0.717, 1.165) is 26.1 Å². The standard InChI is InChI=1S/C14H20BrFN2O/c1-3-8-18(4-2)9-7-17-14(19)12-6-5-11(15)10-13(12)16/h5-6,10H,3-4,7-9H2,1-2H3,(H,17,19). The summed E-state index contributed by atoms with van der Waals surface area (Å²) < 4.78 is 14.2. The molecule has 5 heteroatoms. The molecule has 0 radical (unpaired) electrons. The first kappa shape index (κ1) is 16.1. The van der Waals surface area contributed by atoms with E-state index in [1.165, 1.54) is 12.1 Å². The molecule has 0 heterocycles. The molecule has 1 amide bonds. The van der Waals surface area contributed by atoms with Crippen LogP contribution in [0.1, 0.15) is 30.6 Å². The van der Waals surface area contributed by atoms with Crippen LogP contribution in [0, 0.1) is 5.82 Å². The molecule has 0 aliphatic heterocycles. The number of hydrogen-bond acceptors (Lipinski definition) is 2. The van der Waals surface area contributed by atoms with Gasteiger partial charge >= 0.3 is 0 Å². The van der Waals surface area contributed by atoms with E-state index >= 15 is 0 Å². The Morgan fingerprint density at radius 2 is 2.11 bits per heavy atom. The molecule has 0 unspecified atom stereocenters. The molecule has 1 aromatic rings. The third kappa shape index (κ3) is 5.28. The molecule has 1 rings (SSSR count). The topological polar surface area (TPSA) is 32.3 Å². The van der Waals surface area contributed by atoms with Gasteiger partial charge in [-0.25, -0.2) is 4.39 Å². The van der Waals surface area contributed by atoms with Crippen LogP contribution in [0.4, 0.5) is 4.39 Å². The fraction of sp³-hybridized carbons (Fsp3) is 0.500. The van der Waals surface area contributed by atoms with Crippen molar-refractivity contribution >= 4 is 21.8 Å². The van der Waals surface area contributed by atoms with Crippen LogP contribution in [-0.2, 0) is 0 Å². The lowest BCUT2D eigenvalue weighted by Gasteiger charge is -2.19. The minimum absolute atomic E-state index is 0.0849. The molecule has 0 aromatic heterocycles. The van der Waals surface area contributed by atoms with Gasteiger partial charge in [-0.2, -0.15) is 0 Å². The van der Waals surface area contributed by atoms with Crippen LogP contribution in [0.2, 0.25) is 0 Å². The summed E-state index contributed by atoms with van der Waals surface area (Å²) in [5.41, 5.74) is 0.0849. The molecule has 0 aliphatic rings. The predicted octanol–water partition coefficient (Wildman–Crippen LogP) is 3.05. The minimum Gasteiger partial charge on any atom is -0.351 e. The van der Waals surface area contributed by atoms with E-state index in [1.54, 1.807) is 6.07 Å². The Kier molecular flexibility index (Phi) is 7.02. The van der Waals surface area contributed by atoms with Gasteiger partial charge in [0.05, 0.1) is 5.56 Å². The zero-order chi connectivity index (χ0) is 14.3. The number of rotatable bonds is 7. The molecule has 0 fully saturated rings. The van der Waals surface area contributed by atoms with Gasteiger partial charge in [-0.05, 0) is 37.7 Å². The normalized spacial score (nSPS) is 10.8. The Morgan fingerprint density at radius 1 is 1.37 bits per heavy atom. The van der Waals surface area contributed by atoms with E-state index in [2.05, 4.69) is 40.0 Å². The van der Waals surface area contributed by atoms with Crippen molar-refractivity contribution < 1.29 is 9.18 Å². The van der Waals surface area contributed by atoms with E-state index in [0.29, 0.717) is 11.0 Å². The summed E-state index contributed by atoms with van der Waals surface area (Å²) in [6, 6.07) is 4.44. The van der Waals surface area contributed by atoms with Gasteiger partial charge in [0.25, 0.3) is 5.91 Å². The lowest BCUT2D eigenvalue weighted by Crippen LogP contribution is -2.35. The number of benzene rings is 1. The molecule has 0 bridgehead atoms. The maximum atomic E-state index is 13.6. The summed E-state index contributed by atoms with van der Waals surface area (Å²) >= 11 is 3.17. The maximum absolute atomic E-state index is 13.6. The highest BCUT2D eigenvalue weighted by Gasteiger charge is 2.11. The number of hydrogen-bond donors (Lipinski definition) is 1. The molecular weight excluding hydrogens is 311 g/mol. The van der Waals surface area contributed by atoms with Crippen molar-refractivity contribution in [2.45, 2.75) is 20.3 Å². The number of carbonyl (C=O) groups excluding carboxylic acids is 1. The third-order valence-corrected chi connectivity index (χ3v) is 3.37. The Bertz CT molecular complexity index is 426. The van der Waals surface area contributed by atoms with Gasteiger partial charge in [-0.3, -0.25) is 4.79 Å². The number of nitrogens with zero attached hydrogens (tertiary/aromatic N) is 1. The third-order valence-electron chi connectivity index (χ3n) is 2.88. The van der Waals surface area contributed by atoms with Crippen molar-refractivity contribution in [1.82, 2.24) is 10.2 Å². The van der Waals surface area contributed by atoms with Crippen LogP contribution < -0.4 is 5.32 Å². The van der Waals surface area contributed by atoms with Crippen molar-refractivity contribution in [3.05, 3.63) is 34.1 Å². The van der Waals surface area contributed by atoms with Crippen LogP contribution in [-0.4, -0.2) is 37.0 Å². The fourth-order valence-corrected chi connectivity index (χ4v) is 2.17. The van der Waals surface area contributed by atoms with Crippen molar-refractivity contribution in [2.75, 3.05) is 26.2 Å². The summed E-state index contributed by atoms with van der Waals surface area (Å²) in [6.07, 6.45) is 1.09. The average molecular weight is 331 g/mol. The molecule has 0 atom stereocenters. The number of nitrogens with one attached hydrogen (secondary N) is 1. The van der Waals surface area contributed by atoms with Crippen LogP contribution >= 0.6 is 15.9 Å². The molecule has 0 saturated carbocycles. The highest BCUT2D eigenvalue weighted by Crippen LogP contribution is 2.15. The summed E-state index contributed by atoms with van der Waals surface area (Å²) in [6.45, 7) is 7.50. The van der Waals surface area contributed by atoms with Crippen LogP contribution in [0.5, 0.6) is 0 Å². The molecule has 0 spiro atoms. The smallest absolute Gasteiger partial charge is 0.254 e. The second-order valence-corrected chi connectivity index (χ2v) is 5.23. The second kappa shape index (κ2) is 8.27. The van der Waals surface area contributed by atoms with E-state index in [-0.39, 0.29) is 11.5 Å². The quantitative estimate of drug-likeness (QED) is 0.833. The van der Waals surface area contributed by atoms with Gasteiger partial charge in [-0.1, -0.05) is 29.8 Å². The Labute approximate surface area is 122 Å². The SMILES string of the molecule is CCCN(CC)CCNC(=O)c1ccc(Br)cc1F. The van der Waals surface area contributed by atoms with Crippen molar-refractivity contribution in [1.29, 1.82) is 0 Å². The molecular formula is C14H20BrFN2O. The molecule has 0 saturated heterocycles. The molecule has 0 aliphatic carbocycles. The maximum Gasteiger partial charge on any atom is 0.254 e. The highest BCUT2D eigenvalue weighted by molar-refractivity contribution is 9.10. The van der Waals surface area contributed by atoms with E-state index < -0.39 is 5.82 Å². The first-order valence-corrected chi connectivity index (χ1v) is 7.33. The van der Waals surface area contributed by atoms with E-state index in [9.17, 15) is 9.18 Å². The van der Waals surface area contributed by atoms with Gasteiger partial charge in [0.1, 0.15) is 5.82 Å². The van der Waals surface area contributed by atoms with Crippen molar-refractivity contribution in [3.8, 4) is 0 Å². The Hall–Kier alpha value is -0.940. The van der Waals surface area contributed by atoms with Gasteiger partial charge in [0.15, 0.2) is 0 Å². The van der Waals surface area contributed by atoms with Crippen molar-refractivity contribution in [3.63, 3.8) is 0 Å². The van der Waals surface area contributed by atoms with Gasteiger partial charge in [0, 0.05) is 17.6 Å². The number of amides is 1. The molecule has 1 aromatic carbocycles. The zero-order valence-electron chi connectivity index (χ0n) is 11.4. The average Bonchev–Trinajstić information content (AvgIpc) is 2.37. The fourth-order valence-electron chi connectivity index (χ4n) is 1.84. The van der Waals surface area contributed by atoms with Gasteiger partial charge in [-0.15, -0.1) is 0 Å². The highest BCUT2D eigenvalue weighted by atomic mass is 79.9. The molecule has 3 nitrogen and oxygen atoms in total. The number of halogens is 2. The lowest BCUT2D eigenvalue weighted by molar-refractivity contribution is 0.0944. The predicted molar refractivity (Wildman–Crippen MR) is 78.8 cm³/mol. The lowest BCUT2D eigenvalue weighted by atomic mass is 10.2. The van der Waals surface area contributed by atoms with Crippen LogP contribution in [0.3, 0.4) is 0 Å². The molecule has 106 valence electrons. The van der Waals surface area contributed by atoms with Crippen molar-refractivity contribution in [2.24, 2.45) is 0 Å². The molecule has 1 N–H and O–H groups in total. The van der Waals surface area contributed by atoms with Gasteiger partial charge in [0.2, 0.25) is 0 Å².